The van der Waals surface area contributed by atoms with Gasteiger partial charge >= 0.3 is 17.9 Å². The molecule has 1 aliphatic rings. The highest BCUT2D eigenvalue weighted by atomic mass is 16.5. The second-order valence-electron chi connectivity index (χ2n) is 8.00. The molecule has 0 fully saturated rings. The molecule has 0 spiro atoms. The molecule has 0 aromatic heterocycles. The topological polar surface area (TPSA) is 91.4 Å². The van der Waals surface area contributed by atoms with Crippen LogP contribution < -0.4 is 9.64 Å². The first-order valence-electron chi connectivity index (χ1n) is 12.1. The Bertz CT molecular complexity index is 1180. The van der Waals surface area contributed by atoms with Crippen LogP contribution in [0.2, 0.25) is 0 Å². The van der Waals surface area contributed by atoms with E-state index in [-0.39, 0.29) is 31.0 Å². The highest BCUT2D eigenvalue weighted by Crippen LogP contribution is 2.42. The van der Waals surface area contributed by atoms with E-state index in [1.165, 1.54) is 6.26 Å². The van der Waals surface area contributed by atoms with Crippen molar-refractivity contribution in [1.29, 1.82) is 0 Å². The molecule has 37 heavy (non-hydrogen) atoms. The third-order valence-electron chi connectivity index (χ3n) is 5.45. The second-order valence-corrected chi connectivity index (χ2v) is 8.00. The molecule has 1 heterocycles. The number of anilines is 1. The summed E-state index contributed by atoms with van der Waals surface area (Å²) in [4.78, 5) is 39.8. The van der Waals surface area contributed by atoms with Crippen LogP contribution >= 0.6 is 0 Å². The molecule has 0 bridgehead atoms. The lowest BCUT2D eigenvalue weighted by Crippen LogP contribution is -2.29. The Labute approximate surface area is 216 Å². The Morgan fingerprint density at radius 2 is 1.38 bits per heavy atom. The molecular weight excluding hydrogens is 474 g/mol. The Morgan fingerprint density at radius 3 is 1.95 bits per heavy atom. The zero-order valence-electron chi connectivity index (χ0n) is 21.4. The van der Waals surface area contributed by atoms with Crippen molar-refractivity contribution in [2.24, 2.45) is 0 Å². The Morgan fingerprint density at radius 1 is 0.811 bits per heavy atom. The normalized spacial score (nSPS) is 13.6. The van der Waals surface area contributed by atoms with Crippen molar-refractivity contribution >= 4 is 23.6 Å². The molecule has 8 heteroatoms. The Kier molecular flexibility index (Phi) is 9.66. The first-order valence-corrected chi connectivity index (χ1v) is 12.1. The zero-order valence-corrected chi connectivity index (χ0v) is 21.4. The van der Waals surface area contributed by atoms with Crippen molar-refractivity contribution in [1.82, 2.24) is 0 Å². The number of carbonyl (C=O) groups is 3. The molecule has 2 aromatic rings. The van der Waals surface area contributed by atoms with Gasteiger partial charge in [0, 0.05) is 23.7 Å². The average Bonchev–Trinajstić information content (AvgIpc) is 2.89. The van der Waals surface area contributed by atoms with Crippen LogP contribution in [-0.2, 0) is 28.6 Å². The summed E-state index contributed by atoms with van der Waals surface area (Å²) in [5.41, 5.74) is 2.83. The van der Waals surface area contributed by atoms with Crippen molar-refractivity contribution in [3.8, 4) is 5.75 Å². The molecule has 0 amide bonds. The molecule has 194 valence electrons. The first-order chi connectivity index (χ1) is 17.9. The minimum atomic E-state index is -0.841. The van der Waals surface area contributed by atoms with Gasteiger partial charge in [-0.3, -0.25) is 0 Å². The summed E-state index contributed by atoms with van der Waals surface area (Å²) in [6.07, 6.45) is 5.67. The molecule has 2 aromatic carbocycles. The molecule has 0 unspecified atom stereocenters. The molecule has 0 atom stereocenters. The van der Waals surface area contributed by atoms with E-state index in [2.05, 4.69) is 0 Å². The third kappa shape index (κ3) is 6.88. The standard InChI is InChI=1S/C29H31NO7/c1-5-34-26(31)16-17-37-25-11-9-8-10-22(25)27-23(28(32)35-6-2)18-30(19-24(27)29(33)36-7-3)21-14-12-20(4)13-15-21/h8-19,27H,5-7H2,1-4H3/b17-16+. The van der Waals surface area contributed by atoms with E-state index < -0.39 is 23.8 Å². The van der Waals surface area contributed by atoms with Crippen LogP contribution in [0.15, 0.2) is 84.4 Å². The van der Waals surface area contributed by atoms with Gasteiger partial charge in [0.1, 0.15) is 5.75 Å². The van der Waals surface area contributed by atoms with E-state index in [1.807, 2.05) is 31.2 Å². The largest absolute Gasteiger partial charge is 0.464 e. The summed E-state index contributed by atoms with van der Waals surface area (Å²) in [7, 11) is 0. The number of ether oxygens (including phenoxy) is 4. The molecule has 1 aliphatic heterocycles. The van der Waals surface area contributed by atoms with Crippen LogP contribution in [0.4, 0.5) is 5.69 Å². The van der Waals surface area contributed by atoms with Gasteiger partial charge in [0.05, 0.1) is 49.2 Å². The molecule has 0 N–H and O–H groups in total. The first kappa shape index (κ1) is 27.3. The van der Waals surface area contributed by atoms with Crippen molar-refractivity contribution in [3.05, 3.63) is 95.5 Å². The number of hydrogen-bond acceptors (Lipinski definition) is 8. The quantitative estimate of drug-likeness (QED) is 0.194. The number of rotatable bonds is 10. The van der Waals surface area contributed by atoms with Gasteiger partial charge in [-0.15, -0.1) is 0 Å². The van der Waals surface area contributed by atoms with Gasteiger partial charge in [-0.05, 0) is 45.9 Å². The van der Waals surface area contributed by atoms with Crippen LogP contribution in [0.25, 0.3) is 0 Å². The molecule has 0 aliphatic carbocycles. The van der Waals surface area contributed by atoms with Gasteiger partial charge in [0.25, 0.3) is 0 Å². The minimum Gasteiger partial charge on any atom is -0.464 e. The molecule has 0 radical (unpaired) electrons. The highest BCUT2D eigenvalue weighted by Gasteiger charge is 2.37. The number of esters is 3. The fourth-order valence-corrected chi connectivity index (χ4v) is 3.80. The monoisotopic (exact) mass is 505 g/mol. The fourth-order valence-electron chi connectivity index (χ4n) is 3.80. The van der Waals surface area contributed by atoms with Crippen molar-refractivity contribution < 1.29 is 33.3 Å². The van der Waals surface area contributed by atoms with Gasteiger partial charge in [0.15, 0.2) is 0 Å². The van der Waals surface area contributed by atoms with Gasteiger partial charge < -0.3 is 23.8 Å². The molecular formula is C29H31NO7. The lowest BCUT2D eigenvalue weighted by molar-refractivity contribution is -0.140. The van der Waals surface area contributed by atoms with Crippen LogP contribution in [0.1, 0.15) is 37.8 Å². The summed E-state index contributed by atoms with van der Waals surface area (Å²) in [5, 5.41) is 0. The van der Waals surface area contributed by atoms with E-state index >= 15 is 0 Å². The van der Waals surface area contributed by atoms with Gasteiger partial charge in [-0.25, -0.2) is 14.4 Å². The van der Waals surface area contributed by atoms with Crippen molar-refractivity contribution in [2.75, 3.05) is 24.7 Å². The molecule has 0 saturated carbocycles. The maximum Gasteiger partial charge on any atom is 0.336 e. The van der Waals surface area contributed by atoms with Gasteiger partial charge in [-0.2, -0.15) is 0 Å². The van der Waals surface area contributed by atoms with Gasteiger partial charge in [-0.1, -0.05) is 35.9 Å². The van der Waals surface area contributed by atoms with E-state index in [1.54, 1.807) is 62.3 Å². The number of hydrogen-bond donors (Lipinski definition) is 0. The van der Waals surface area contributed by atoms with Crippen LogP contribution in [0.3, 0.4) is 0 Å². The maximum absolute atomic E-state index is 13.2. The Balaban J connectivity index is 2.13. The van der Waals surface area contributed by atoms with E-state index in [0.29, 0.717) is 11.3 Å². The summed E-state index contributed by atoms with van der Waals surface area (Å²) < 4.78 is 21.4. The van der Waals surface area contributed by atoms with Crippen LogP contribution in [0, 0.1) is 6.92 Å². The SMILES string of the molecule is CCOC(=O)/C=C/Oc1ccccc1C1C(C(=O)OCC)=CN(c2ccc(C)cc2)C=C1C(=O)OCC. The maximum atomic E-state index is 13.2. The highest BCUT2D eigenvalue weighted by molar-refractivity contribution is 6.00. The lowest BCUT2D eigenvalue weighted by Gasteiger charge is -2.31. The van der Waals surface area contributed by atoms with Crippen LogP contribution in [-0.4, -0.2) is 37.7 Å². The van der Waals surface area contributed by atoms with Crippen molar-refractivity contribution in [3.63, 3.8) is 0 Å². The summed E-state index contributed by atoms with van der Waals surface area (Å²) >= 11 is 0. The molecule has 0 saturated heterocycles. The third-order valence-corrected chi connectivity index (χ3v) is 5.45. The fraction of sp³-hybridized carbons (Fsp3) is 0.276. The minimum absolute atomic E-state index is 0.159. The molecule has 3 rings (SSSR count). The van der Waals surface area contributed by atoms with Crippen molar-refractivity contribution in [2.45, 2.75) is 33.6 Å². The predicted octanol–water partition coefficient (Wildman–Crippen LogP) is 4.95. The lowest BCUT2D eigenvalue weighted by atomic mass is 9.82. The smallest absolute Gasteiger partial charge is 0.336 e. The van der Waals surface area contributed by atoms with Gasteiger partial charge in [0.2, 0.25) is 0 Å². The summed E-state index contributed by atoms with van der Waals surface area (Å²) in [6, 6.07) is 14.6. The zero-order chi connectivity index (χ0) is 26.8. The number of aryl methyl sites for hydroxylation is 1. The second kappa shape index (κ2) is 13.1. The predicted molar refractivity (Wildman–Crippen MR) is 139 cm³/mol. The molecule has 8 nitrogen and oxygen atoms in total. The average molecular weight is 506 g/mol. The number of nitrogens with zero attached hydrogens (tertiary/aromatic N) is 1. The Hall–Kier alpha value is -4.33. The van der Waals surface area contributed by atoms with E-state index in [4.69, 9.17) is 18.9 Å². The summed E-state index contributed by atoms with van der Waals surface area (Å²) in [5.74, 6) is -2.19. The van der Waals surface area contributed by atoms with Crippen LogP contribution in [0.5, 0.6) is 5.75 Å². The number of benzene rings is 2. The van der Waals surface area contributed by atoms with E-state index in [9.17, 15) is 14.4 Å². The summed E-state index contributed by atoms with van der Waals surface area (Å²) in [6.45, 7) is 7.67. The number of carbonyl (C=O) groups excluding carboxylic acids is 3. The number of para-hydroxylation sites is 1. The van der Waals surface area contributed by atoms with E-state index in [0.717, 1.165) is 17.3 Å².